The van der Waals surface area contributed by atoms with Crippen LogP contribution in [0.5, 0.6) is 5.75 Å². The highest BCUT2D eigenvalue weighted by molar-refractivity contribution is 6.36. The molecular formula is C33H32ClN11O4. The number of nitrogens with zero attached hydrogens (tertiary/aromatic N) is 10. The number of amides is 2. The summed E-state index contributed by atoms with van der Waals surface area (Å²) in [6.07, 6.45) is 5.00. The molecule has 2 N–H and O–H groups in total. The number of hydrogen-bond acceptors (Lipinski definition) is 10. The fourth-order valence-corrected chi connectivity index (χ4v) is 6.43. The molecule has 2 aromatic carbocycles. The molecule has 0 spiro atoms. The summed E-state index contributed by atoms with van der Waals surface area (Å²) in [7, 11) is 1.77. The topological polar surface area (TPSA) is 169 Å². The van der Waals surface area contributed by atoms with Gasteiger partial charge in [0.25, 0.3) is 11.5 Å². The van der Waals surface area contributed by atoms with E-state index in [0.717, 1.165) is 10.8 Å². The Bertz CT molecular complexity index is 2320. The lowest BCUT2D eigenvalue weighted by molar-refractivity contribution is -0.116. The van der Waals surface area contributed by atoms with Gasteiger partial charge in [-0.15, -0.1) is 5.10 Å². The highest BCUT2D eigenvalue weighted by Gasteiger charge is 2.30. The Hall–Kier alpha value is -5.83. The van der Waals surface area contributed by atoms with Gasteiger partial charge in [-0.05, 0) is 25.5 Å². The van der Waals surface area contributed by atoms with Crippen LogP contribution in [0, 0.1) is 6.92 Å². The number of fused-ring (bicyclic) bond motifs is 2. The minimum absolute atomic E-state index is 0.0657. The number of piperazine rings is 1. The predicted molar refractivity (Wildman–Crippen MR) is 183 cm³/mol. The summed E-state index contributed by atoms with van der Waals surface area (Å²) in [6, 6.07) is 11.0. The Kier molecular flexibility index (Phi) is 8.20. The highest BCUT2D eigenvalue weighted by Crippen LogP contribution is 2.30. The smallest absolute Gasteiger partial charge is 0.299 e. The van der Waals surface area contributed by atoms with Crippen molar-refractivity contribution in [1.29, 1.82) is 0 Å². The van der Waals surface area contributed by atoms with Crippen LogP contribution >= 0.6 is 11.6 Å². The van der Waals surface area contributed by atoms with Crippen molar-refractivity contribution in [3.05, 3.63) is 87.6 Å². The average Bonchev–Trinajstić information content (AvgIpc) is 3.75. The van der Waals surface area contributed by atoms with E-state index >= 15 is 0 Å². The standard InChI is InChI=1S/C33H32ClN11O4/c1-4-25-28(42-11-13-43(14-12-42)31(48)27-29(47)19(2)35-18-36-27)32(49)45-33(39-30(40-45)20-15-37-41(3)16-20)44(25)17-26(46)38-24-10-9-23(34)21-7-5-6-8-22(21)24/h5-10,15-16,18,47H,4,11-14,17H2,1-3H3,(H,38,46). The van der Waals surface area contributed by atoms with Crippen molar-refractivity contribution >= 4 is 51.3 Å². The third kappa shape index (κ3) is 5.71. The predicted octanol–water partition coefficient (Wildman–Crippen LogP) is 3.07. The van der Waals surface area contributed by atoms with Gasteiger partial charge < -0.3 is 24.8 Å². The van der Waals surface area contributed by atoms with Crippen LogP contribution in [0.4, 0.5) is 11.4 Å². The number of aromatic hydroxyl groups is 1. The van der Waals surface area contributed by atoms with Gasteiger partial charge in [0.05, 0.1) is 23.1 Å². The molecule has 15 nitrogen and oxygen atoms in total. The monoisotopic (exact) mass is 681 g/mol. The van der Waals surface area contributed by atoms with E-state index in [1.807, 2.05) is 36.1 Å². The molecule has 16 heteroatoms. The lowest BCUT2D eigenvalue weighted by atomic mass is 10.1. The summed E-state index contributed by atoms with van der Waals surface area (Å²) in [6.45, 7) is 4.52. The van der Waals surface area contributed by atoms with Gasteiger partial charge in [-0.3, -0.25) is 19.1 Å². The van der Waals surface area contributed by atoms with Crippen molar-refractivity contribution in [2.24, 2.45) is 7.05 Å². The molecule has 0 atom stereocenters. The number of anilines is 2. The van der Waals surface area contributed by atoms with Crippen LogP contribution in [0.1, 0.15) is 28.8 Å². The van der Waals surface area contributed by atoms with Gasteiger partial charge in [-0.1, -0.05) is 42.8 Å². The maximum absolute atomic E-state index is 14.2. The summed E-state index contributed by atoms with van der Waals surface area (Å²) in [5.74, 6) is -0.506. The van der Waals surface area contributed by atoms with E-state index in [1.165, 1.54) is 10.8 Å². The Morgan fingerprint density at radius 1 is 1.04 bits per heavy atom. The molecule has 4 aromatic heterocycles. The van der Waals surface area contributed by atoms with Gasteiger partial charge in [0.2, 0.25) is 11.7 Å². The first kappa shape index (κ1) is 31.8. The van der Waals surface area contributed by atoms with Crippen LogP contribution < -0.4 is 15.8 Å². The maximum atomic E-state index is 14.2. The van der Waals surface area contributed by atoms with E-state index in [2.05, 4.69) is 25.5 Å². The van der Waals surface area contributed by atoms with Crippen molar-refractivity contribution in [3.63, 3.8) is 0 Å². The molecule has 0 saturated carbocycles. The number of halogens is 1. The Balaban J connectivity index is 1.26. The molecule has 1 aliphatic rings. The molecule has 0 unspecified atom stereocenters. The van der Waals surface area contributed by atoms with E-state index in [-0.39, 0.29) is 48.6 Å². The van der Waals surface area contributed by atoms with Crippen LogP contribution in [0.2, 0.25) is 5.02 Å². The van der Waals surface area contributed by atoms with E-state index < -0.39 is 11.5 Å². The average molecular weight is 682 g/mol. The molecule has 2 amide bonds. The quantitative estimate of drug-likeness (QED) is 0.255. The molecule has 6 aromatic rings. The maximum Gasteiger partial charge on any atom is 0.299 e. The largest absolute Gasteiger partial charge is 0.504 e. The van der Waals surface area contributed by atoms with Gasteiger partial charge in [-0.2, -0.15) is 14.6 Å². The summed E-state index contributed by atoms with van der Waals surface area (Å²) < 4.78 is 4.56. The van der Waals surface area contributed by atoms with Gasteiger partial charge >= 0.3 is 0 Å². The van der Waals surface area contributed by atoms with Crippen LogP contribution in [-0.4, -0.2) is 86.9 Å². The summed E-state index contributed by atoms with van der Waals surface area (Å²) in [5.41, 5.74) is 2.04. The first-order chi connectivity index (χ1) is 23.6. The van der Waals surface area contributed by atoms with Crippen molar-refractivity contribution in [2.75, 3.05) is 36.4 Å². The summed E-state index contributed by atoms with van der Waals surface area (Å²) in [5, 5.41) is 24.4. The zero-order valence-corrected chi connectivity index (χ0v) is 27.7. The second-order valence-electron chi connectivity index (χ2n) is 11.7. The number of aromatic nitrogens is 8. The number of carbonyl (C=O) groups is 2. The molecule has 0 radical (unpaired) electrons. The molecule has 0 aliphatic carbocycles. The Morgan fingerprint density at radius 2 is 1.80 bits per heavy atom. The zero-order chi connectivity index (χ0) is 34.4. The van der Waals surface area contributed by atoms with E-state index in [4.69, 9.17) is 16.6 Å². The number of hydrogen-bond donors (Lipinski definition) is 2. The first-order valence-corrected chi connectivity index (χ1v) is 16.1. The molecule has 1 saturated heterocycles. The van der Waals surface area contributed by atoms with Crippen molar-refractivity contribution in [1.82, 2.24) is 43.8 Å². The normalized spacial score (nSPS) is 13.4. The second kappa shape index (κ2) is 12.6. The Labute approximate surface area is 284 Å². The highest BCUT2D eigenvalue weighted by atomic mass is 35.5. The third-order valence-electron chi connectivity index (χ3n) is 8.66. The van der Waals surface area contributed by atoms with Gasteiger partial charge in [0.15, 0.2) is 17.3 Å². The minimum atomic E-state index is -0.421. The first-order valence-electron chi connectivity index (χ1n) is 15.7. The third-order valence-corrected chi connectivity index (χ3v) is 8.99. The van der Waals surface area contributed by atoms with E-state index in [1.54, 1.807) is 52.6 Å². The van der Waals surface area contributed by atoms with Crippen LogP contribution in [0.3, 0.4) is 0 Å². The summed E-state index contributed by atoms with van der Waals surface area (Å²) in [4.78, 5) is 57.4. The lowest BCUT2D eigenvalue weighted by Crippen LogP contribution is -2.51. The minimum Gasteiger partial charge on any atom is -0.504 e. The van der Waals surface area contributed by atoms with Crippen molar-refractivity contribution in [3.8, 4) is 17.1 Å². The molecule has 0 bridgehead atoms. The SMILES string of the molecule is CCc1c(N2CCN(C(=O)c3ncnc(C)c3O)CC2)c(=O)n2nc(-c3cnn(C)c3)nc2n1CC(=O)Nc1ccc(Cl)c2ccccc12. The molecule has 49 heavy (non-hydrogen) atoms. The van der Waals surface area contributed by atoms with Gasteiger partial charge in [0, 0.05) is 60.9 Å². The molecule has 1 fully saturated rings. The second-order valence-corrected chi connectivity index (χ2v) is 12.1. The fraction of sp³-hybridized carbons (Fsp3) is 0.273. The van der Waals surface area contributed by atoms with Crippen LogP contribution in [0.15, 0.2) is 59.9 Å². The van der Waals surface area contributed by atoms with Gasteiger partial charge in [-0.25, -0.2) is 9.97 Å². The number of carbonyl (C=O) groups excluding carboxylic acids is 2. The van der Waals surface area contributed by atoms with Crippen molar-refractivity contribution in [2.45, 2.75) is 26.8 Å². The number of aryl methyl sites for hydroxylation is 2. The number of nitrogens with one attached hydrogen (secondary N) is 1. The molecule has 1 aliphatic heterocycles. The van der Waals surface area contributed by atoms with Gasteiger partial charge in [0.1, 0.15) is 18.6 Å². The molecule has 5 heterocycles. The Morgan fingerprint density at radius 3 is 2.51 bits per heavy atom. The van der Waals surface area contributed by atoms with E-state index in [0.29, 0.717) is 52.9 Å². The molecule has 250 valence electrons. The summed E-state index contributed by atoms with van der Waals surface area (Å²) >= 11 is 6.42. The molecule has 7 rings (SSSR count). The fourth-order valence-electron chi connectivity index (χ4n) is 6.20. The number of rotatable bonds is 7. The molecular weight excluding hydrogens is 650 g/mol. The van der Waals surface area contributed by atoms with Crippen LogP contribution in [0.25, 0.3) is 27.9 Å². The van der Waals surface area contributed by atoms with E-state index in [9.17, 15) is 19.5 Å². The van der Waals surface area contributed by atoms with Crippen molar-refractivity contribution < 1.29 is 14.7 Å². The zero-order valence-electron chi connectivity index (χ0n) is 27.0. The lowest BCUT2D eigenvalue weighted by Gasteiger charge is -2.36. The van der Waals surface area contributed by atoms with Crippen LogP contribution in [-0.2, 0) is 24.8 Å². The number of benzene rings is 2.